The lowest BCUT2D eigenvalue weighted by Gasteiger charge is -2.60. The average Bonchev–Trinajstić information content (AvgIpc) is 3.19. The molecule has 0 bridgehead atoms. The van der Waals surface area contributed by atoms with E-state index in [9.17, 15) is 9.59 Å². The van der Waals surface area contributed by atoms with Crippen LogP contribution in [0.25, 0.3) is 0 Å². The molecule has 126 valence electrons. The second kappa shape index (κ2) is 4.21. The molecular formula is C20H29NO2. The van der Waals surface area contributed by atoms with Gasteiger partial charge in [-0.25, -0.2) is 0 Å². The first-order valence-electron chi connectivity index (χ1n) is 9.72. The molecule has 1 amide bonds. The lowest BCUT2D eigenvalue weighted by atomic mass is 9.45. The molecule has 1 spiro atoms. The van der Waals surface area contributed by atoms with Gasteiger partial charge in [-0.2, -0.15) is 0 Å². The molecule has 5 fully saturated rings. The largest absolute Gasteiger partial charge is 0.332 e. The van der Waals surface area contributed by atoms with Crippen LogP contribution in [0.15, 0.2) is 0 Å². The van der Waals surface area contributed by atoms with Crippen LogP contribution in [-0.4, -0.2) is 29.2 Å². The molecule has 0 N–H and O–H groups in total. The summed E-state index contributed by atoms with van der Waals surface area (Å²) < 4.78 is 0. The van der Waals surface area contributed by atoms with Gasteiger partial charge < -0.3 is 9.69 Å². The third kappa shape index (κ3) is 1.49. The zero-order chi connectivity index (χ0) is 16.0. The van der Waals surface area contributed by atoms with Gasteiger partial charge in [-0.1, -0.05) is 13.8 Å². The first-order valence-corrected chi connectivity index (χ1v) is 9.72. The molecule has 0 aromatic rings. The fourth-order valence-corrected chi connectivity index (χ4v) is 7.96. The lowest BCUT2D eigenvalue weighted by molar-refractivity contribution is -0.145. The Morgan fingerprint density at radius 3 is 2.65 bits per heavy atom. The first kappa shape index (κ1) is 14.5. The first-order chi connectivity index (χ1) is 11.0. The van der Waals surface area contributed by atoms with Gasteiger partial charge >= 0.3 is 0 Å². The summed E-state index contributed by atoms with van der Waals surface area (Å²) >= 11 is 0. The summed E-state index contributed by atoms with van der Waals surface area (Å²) in [6.07, 6.45) is 10.5. The van der Waals surface area contributed by atoms with Crippen LogP contribution in [0.4, 0.5) is 0 Å². The Kier molecular flexibility index (Phi) is 2.65. The average molecular weight is 315 g/mol. The molecule has 5 aliphatic rings. The zero-order valence-corrected chi connectivity index (χ0v) is 14.5. The van der Waals surface area contributed by atoms with E-state index in [-0.39, 0.29) is 11.0 Å². The zero-order valence-electron chi connectivity index (χ0n) is 14.5. The Labute approximate surface area is 139 Å². The molecule has 0 aromatic heterocycles. The van der Waals surface area contributed by atoms with Crippen LogP contribution in [0.5, 0.6) is 0 Å². The van der Waals surface area contributed by atoms with Gasteiger partial charge in [0.2, 0.25) is 5.91 Å². The van der Waals surface area contributed by atoms with Crippen molar-refractivity contribution in [2.75, 3.05) is 6.54 Å². The molecule has 3 aliphatic carbocycles. The van der Waals surface area contributed by atoms with Crippen molar-refractivity contribution in [3.8, 4) is 0 Å². The monoisotopic (exact) mass is 315 g/mol. The highest BCUT2D eigenvalue weighted by molar-refractivity contribution is 5.82. The second-order valence-corrected chi connectivity index (χ2v) is 9.71. The number of fused-ring (bicyclic) bond motifs is 4. The summed E-state index contributed by atoms with van der Waals surface area (Å²) in [5.74, 6) is 3.02. The van der Waals surface area contributed by atoms with Crippen LogP contribution in [0.3, 0.4) is 0 Å². The topological polar surface area (TPSA) is 37.1 Å². The Hall–Kier alpha value is -0.860. The molecule has 0 aromatic carbocycles. The fraction of sp³-hybridized carbons (Fsp3) is 0.900. The number of rotatable bonds is 1. The van der Waals surface area contributed by atoms with E-state index < -0.39 is 0 Å². The maximum Gasteiger partial charge on any atom is 0.223 e. The lowest BCUT2D eigenvalue weighted by Crippen LogP contribution is -2.58. The number of hydrogen-bond donors (Lipinski definition) is 0. The molecule has 3 nitrogen and oxygen atoms in total. The van der Waals surface area contributed by atoms with E-state index in [1.807, 2.05) is 0 Å². The van der Waals surface area contributed by atoms with Gasteiger partial charge in [-0.3, -0.25) is 4.79 Å². The molecule has 2 aliphatic heterocycles. The minimum atomic E-state index is 0.222. The van der Waals surface area contributed by atoms with Crippen molar-refractivity contribution >= 4 is 12.2 Å². The maximum atomic E-state index is 12.2. The summed E-state index contributed by atoms with van der Waals surface area (Å²) in [5.41, 5.74) is 0.821. The second-order valence-electron chi connectivity index (χ2n) is 9.71. The minimum Gasteiger partial charge on any atom is -0.332 e. The van der Waals surface area contributed by atoms with Crippen LogP contribution in [0.2, 0.25) is 0 Å². The van der Waals surface area contributed by atoms with Crippen molar-refractivity contribution in [2.45, 2.75) is 70.8 Å². The van der Waals surface area contributed by atoms with Crippen molar-refractivity contribution in [1.29, 1.82) is 0 Å². The minimum absolute atomic E-state index is 0.222. The highest BCUT2D eigenvalue weighted by Crippen LogP contribution is 2.71. The predicted octanol–water partition coefficient (Wildman–Crippen LogP) is 3.42. The normalized spacial score (nSPS) is 57.1. The molecule has 3 heteroatoms. The summed E-state index contributed by atoms with van der Waals surface area (Å²) in [5, 5.41) is 0. The molecule has 6 unspecified atom stereocenters. The SMILES string of the molecule is CC12CCC3C(CC[C@@]45CN4C(=O)CCC35C)C1CCC2C=O. The molecule has 2 saturated heterocycles. The summed E-state index contributed by atoms with van der Waals surface area (Å²) in [4.78, 5) is 26.0. The van der Waals surface area contributed by atoms with E-state index >= 15 is 0 Å². The quantitative estimate of drug-likeness (QED) is 0.549. The van der Waals surface area contributed by atoms with Crippen molar-refractivity contribution in [3.05, 3.63) is 0 Å². The van der Waals surface area contributed by atoms with Crippen LogP contribution in [-0.2, 0) is 9.59 Å². The van der Waals surface area contributed by atoms with Gasteiger partial charge in [0.15, 0.2) is 0 Å². The van der Waals surface area contributed by atoms with E-state index in [1.165, 1.54) is 38.4 Å². The standard InChI is InChI=1S/C20H29NO2/c1-18-8-6-16-14(15(18)4-3-13(18)11-22)5-10-20-12-21(20)17(23)7-9-19(16,20)2/h11,13-16H,3-10,12H2,1-2H3/t13?,14?,15?,16?,18?,19?,20-,21?/m0/s1. The number of hydrogen-bond acceptors (Lipinski definition) is 2. The van der Waals surface area contributed by atoms with Crippen LogP contribution >= 0.6 is 0 Å². The van der Waals surface area contributed by atoms with Gasteiger partial charge in [-0.05, 0) is 73.5 Å². The van der Waals surface area contributed by atoms with Gasteiger partial charge in [0.25, 0.3) is 0 Å². The Bertz CT molecular complexity index is 588. The number of piperidine rings is 1. The molecule has 2 heterocycles. The van der Waals surface area contributed by atoms with Gasteiger partial charge in [0, 0.05) is 18.9 Å². The third-order valence-corrected chi connectivity index (χ3v) is 9.44. The molecule has 3 saturated carbocycles. The van der Waals surface area contributed by atoms with E-state index in [0.29, 0.717) is 17.2 Å². The number of nitrogens with zero attached hydrogens (tertiary/aromatic N) is 1. The molecule has 7 atom stereocenters. The third-order valence-electron chi connectivity index (χ3n) is 9.44. The maximum absolute atomic E-state index is 12.2. The smallest absolute Gasteiger partial charge is 0.223 e. The molecular weight excluding hydrogens is 286 g/mol. The van der Waals surface area contributed by atoms with Crippen molar-refractivity contribution in [3.63, 3.8) is 0 Å². The van der Waals surface area contributed by atoms with E-state index in [2.05, 4.69) is 18.7 Å². The Morgan fingerprint density at radius 2 is 1.87 bits per heavy atom. The van der Waals surface area contributed by atoms with E-state index in [1.54, 1.807) is 0 Å². The molecule has 5 rings (SSSR count). The van der Waals surface area contributed by atoms with Gasteiger partial charge in [-0.15, -0.1) is 0 Å². The van der Waals surface area contributed by atoms with Crippen molar-refractivity contribution in [2.24, 2.45) is 34.5 Å². The Morgan fingerprint density at radius 1 is 1.04 bits per heavy atom. The van der Waals surface area contributed by atoms with Crippen LogP contribution in [0, 0.1) is 34.5 Å². The Balaban J connectivity index is 1.50. The molecule has 23 heavy (non-hydrogen) atoms. The highest BCUT2D eigenvalue weighted by Gasteiger charge is 2.73. The number of amides is 1. The predicted molar refractivity (Wildman–Crippen MR) is 87.6 cm³/mol. The van der Waals surface area contributed by atoms with E-state index in [4.69, 9.17) is 0 Å². The van der Waals surface area contributed by atoms with Gasteiger partial charge in [0.05, 0.1) is 5.54 Å². The highest BCUT2D eigenvalue weighted by atomic mass is 16.2. The van der Waals surface area contributed by atoms with Crippen LogP contribution < -0.4 is 0 Å². The van der Waals surface area contributed by atoms with Crippen molar-refractivity contribution < 1.29 is 9.59 Å². The fourth-order valence-electron chi connectivity index (χ4n) is 7.96. The summed E-state index contributed by atoms with van der Waals surface area (Å²) in [6, 6.07) is 0. The summed E-state index contributed by atoms with van der Waals surface area (Å²) in [6.45, 7) is 5.94. The number of aldehydes is 1. The van der Waals surface area contributed by atoms with Crippen molar-refractivity contribution in [1.82, 2.24) is 4.90 Å². The van der Waals surface area contributed by atoms with Gasteiger partial charge in [0.1, 0.15) is 6.29 Å². The summed E-state index contributed by atoms with van der Waals surface area (Å²) in [7, 11) is 0. The van der Waals surface area contributed by atoms with E-state index in [0.717, 1.165) is 43.6 Å². The van der Waals surface area contributed by atoms with Crippen LogP contribution in [0.1, 0.15) is 65.2 Å². The molecule has 0 radical (unpaired) electrons. The number of carbonyl (C=O) groups is 2. The number of carbonyl (C=O) groups excluding carboxylic acids is 2.